The van der Waals surface area contributed by atoms with Crippen molar-refractivity contribution in [3.05, 3.63) is 94.8 Å². The van der Waals surface area contributed by atoms with Crippen molar-refractivity contribution in [3.63, 3.8) is 0 Å². The second-order valence-corrected chi connectivity index (χ2v) is 8.65. The smallest absolute Gasteiger partial charge is 0.337 e. The van der Waals surface area contributed by atoms with E-state index in [1.165, 1.54) is 25.3 Å². The standard InChI is InChI=1S/C29H27N3O6/c1-4-13-30-29(37)31-22-12-11-19(16-21(22)27(34)35)26(33)25-17(2)24(23-10-5-6-14-32(23)25)18-8-7-9-20(15-18)28(36)38-3/h5-12,14-16H,4,13H2,1-3H3,(H,34,35)(H2,30,31,37). The van der Waals surface area contributed by atoms with Crippen LogP contribution < -0.4 is 10.6 Å². The van der Waals surface area contributed by atoms with Gasteiger partial charge in [-0.2, -0.15) is 0 Å². The third-order valence-electron chi connectivity index (χ3n) is 6.17. The lowest BCUT2D eigenvalue weighted by atomic mass is 9.97. The SMILES string of the molecule is CCCNC(=O)Nc1ccc(C(=O)c2c(C)c(-c3cccc(C(=O)OC)c3)c3ccccn23)cc1C(=O)O. The van der Waals surface area contributed by atoms with Crippen molar-refractivity contribution in [2.24, 2.45) is 0 Å². The summed E-state index contributed by atoms with van der Waals surface area (Å²) in [7, 11) is 1.31. The molecule has 9 heteroatoms. The van der Waals surface area contributed by atoms with E-state index in [0.29, 0.717) is 23.4 Å². The van der Waals surface area contributed by atoms with Gasteiger partial charge < -0.3 is 24.9 Å². The summed E-state index contributed by atoms with van der Waals surface area (Å²) >= 11 is 0. The normalized spacial score (nSPS) is 10.7. The van der Waals surface area contributed by atoms with Crippen LogP contribution in [0.5, 0.6) is 0 Å². The first-order chi connectivity index (χ1) is 18.3. The number of aromatic carboxylic acids is 1. The summed E-state index contributed by atoms with van der Waals surface area (Å²) < 4.78 is 6.61. The number of nitrogens with one attached hydrogen (secondary N) is 2. The fourth-order valence-corrected chi connectivity index (χ4v) is 4.41. The van der Waals surface area contributed by atoms with Crippen LogP contribution in [0.2, 0.25) is 0 Å². The monoisotopic (exact) mass is 513 g/mol. The van der Waals surface area contributed by atoms with Gasteiger partial charge in [0.05, 0.1) is 35.1 Å². The Labute approximate surface area is 219 Å². The van der Waals surface area contributed by atoms with E-state index in [4.69, 9.17) is 4.74 Å². The molecule has 0 saturated carbocycles. The van der Waals surface area contributed by atoms with Crippen molar-refractivity contribution < 1.29 is 29.0 Å². The zero-order chi connectivity index (χ0) is 27.4. The number of aromatic nitrogens is 1. The molecule has 2 aromatic heterocycles. The molecule has 2 amide bonds. The second-order valence-electron chi connectivity index (χ2n) is 8.65. The summed E-state index contributed by atoms with van der Waals surface area (Å²) in [5.41, 5.74) is 3.69. The summed E-state index contributed by atoms with van der Waals surface area (Å²) in [6, 6.07) is 16.1. The number of carboxylic acid groups (broad SMARTS) is 1. The number of carboxylic acids is 1. The number of carbonyl (C=O) groups excluding carboxylic acids is 3. The van der Waals surface area contributed by atoms with Crippen LogP contribution in [-0.4, -0.2) is 46.9 Å². The molecule has 2 heterocycles. The van der Waals surface area contributed by atoms with Crippen molar-refractivity contribution in [1.29, 1.82) is 0 Å². The molecule has 4 aromatic rings. The summed E-state index contributed by atoms with van der Waals surface area (Å²) in [5, 5.41) is 14.9. The molecule has 0 fully saturated rings. The number of esters is 1. The molecule has 2 aromatic carbocycles. The molecule has 3 N–H and O–H groups in total. The Morgan fingerprint density at radius 1 is 0.974 bits per heavy atom. The molecule has 38 heavy (non-hydrogen) atoms. The predicted octanol–water partition coefficient (Wildman–Crippen LogP) is 5.16. The number of ether oxygens (including phenoxy) is 1. The molecular formula is C29H27N3O6. The highest BCUT2D eigenvalue weighted by molar-refractivity contribution is 6.13. The molecule has 0 radical (unpaired) electrons. The molecule has 0 saturated heterocycles. The molecule has 0 aliphatic rings. The molecule has 9 nitrogen and oxygen atoms in total. The molecule has 0 unspecified atom stereocenters. The first-order valence-corrected chi connectivity index (χ1v) is 12.0. The van der Waals surface area contributed by atoms with Crippen molar-refractivity contribution in [2.45, 2.75) is 20.3 Å². The van der Waals surface area contributed by atoms with Gasteiger partial charge >= 0.3 is 18.0 Å². The number of hydrogen-bond acceptors (Lipinski definition) is 5. The van der Waals surface area contributed by atoms with E-state index >= 15 is 0 Å². The molecule has 0 bridgehead atoms. The second kappa shape index (κ2) is 11.0. The number of amides is 2. The molecule has 0 aliphatic heterocycles. The number of hydrogen-bond donors (Lipinski definition) is 3. The van der Waals surface area contributed by atoms with Crippen LogP contribution in [0.15, 0.2) is 66.9 Å². The van der Waals surface area contributed by atoms with Crippen molar-refractivity contribution in [2.75, 3.05) is 19.0 Å². The summed E-state index contributed by atoms with van der Waals surface area (Å²) in [6.45, 7) is 4.15. The van der Waals surface area contributed by atoms with Gasteiger partial charge in [0.25, 0.3) is 0 Å². The number of ketones is 1. The zero-order valence-electron chi connectivity index (χ0n) is 21.2. The van der Waals surface area contributed by atoms with Gasteiger partial charge in [-0.3, -0.25) is 4.79 Å². The van der Waals surface area contributed by atoms with Gasteiger partial charge in [-0.1, -0.05) is 25.1 Å². The van der Waals surface area contributed by atoms with E-state index in [1.807, 2.05) is 32.0 Å². The first kappa shape index (κ1) is 26.2. The van der Waals surface area contributed by atoms with Gasteiger partial charge in [-0.25, -0.2) is 14.4 Å². The highest BCUT2D eigenvalue weighted by Crippen LogP contribution is 2.35. The van der Waals surface area contributed by atoms with E-state index in [-0.39, 0.29) is 22.6 Å². The Balaban J connectivity index is 1.80. The predicted molar refractivity (Wildman–Crippen MR) is 143 cm³/mol. The fraction of sp³-hybridized carbons (Fsp3) is 0.172. The van der Waals surface area contributed by atoms with E-state index in [1.54, 1.807) is 34.9 Å². The number of fused-ring (bicyclic) bond motifs is 1. The minimum atomic E-state index is -1.28. The highest BCUT2D eigenvalue weighted by Gasteiger charge is 2.24. The number of pyridine rings is 1. The quantitative estimate of drug-likeness (QED) is 0.221. The Bertz CT molecular complexity index is 1570. The maximum absolute atomic E-state index is 13.8. The van der Waals surface area contributed by atoms with E-state index in [2.05, 4.69) is 10.6 Å². The first-order valence-electron chi connectivity index (χ1n) is 12.0. The topological polar surface area (TPSA) is 126 Å². The van der Waals surface area contributed by atoms with Gasteiger partial charge in [0, 0.05) is 23.9 Å². The molecule has 0 aliphatic carbocycles. The summed E-state index contributed by atoms with van der Waals surface area (Å²) in [5.74, 6) is -2.13. The highest BCUT2D eigenvalue weighted by atomic mass is 16.5. The van der Waals surface area contributed by atoms with Crippen molar-refractivity contribution in [1.82, 2.24) is 9.72 Å². The number of nitrogens with zero attached hydrogens (tertiary/aromatic N) is 1. The van der Waals surface area contributed by atoms with Gasteiger partial charge in [0.2, 0.25) is 5.78 Å². The maximum atomic E-state index is 13.8. The number of urea groups is 1. The number of benzene rings is 2. The van der Waals surface area contributed by atoms with Gasteiger partial charge in [-0.15, -0.1) is 0 Å². The number of anilines is 1. The van der Waals surface area contributed by atoms with Crippen LogP contribution in [-0.2, 0) is 4.74 Å². The van der Waals surface area contributed by atoms with Crippen LogP contribution in [0.3, 0.4) is 0 Å². The van der Waals surface area contributed by atoms with Crippen molar-refractivity contribution in [3.8, 4) is 11.1 Å². The molecular weight excluding hydrogens is 486 g/mol. The summed E-state index contributed by atoms with van der Waals surface area (Å²) in [4.78, 5) is 50.0. The minimum Gasteiger partial charge on any atom is -0.478 e. The zero-order valence-corrected chi connectivity index (χ0v) is 21.2. The van der Waals surface area contributed by atoms with Gasteiger partial charge in [0.15, 0.2) is 0 Å². The maximum Gasteiger partial charge on any atom is 0.337 e. The third-order valence-corrected chi connectivity index (χ3v) is 6.17. The Kier molecular flexibility index (Phi) is 7.57. The fourth-order valence-electron chi connectivity index (χ4n) is 4.41. The number of methoxy groups -OCH3 is 1. The Morgan fingerprint density at radius 3 is 2.47 bits per heavy atom. The lowest BCUT2D eigenvalue weighted by Gasteiger charge is -2.11. The van der Waals surface area contributed by atoms with Crippen LogP contribution in [0.25, 0.3) is 16.6 Å². The van der Waals surface area contributed by atoms with Gasteiger partial charge in [0.1, 0.15) is 0 Å². The van der Waals surface area contributed by atoms with E-state index in [9.17, 15) is 24.3 Å². The Morgan fingerprint density at radius 2 is 1.76 bits per heavy atom. The molecule has 4 rings (SSSR count). The van der Waals surface area contributed by atoms with E-state index < -0.39 is 18.0 Å². The molecule has 194 valence electrons. The largest absolute Gasteiger partial charge is 0.478 e. The van der Waals surface area contributed by atoms with E-state index in [0.717, 1.165) is 23.1 Å². The number of rotatable bonds is 8. The lowest BCUT2D eigenvalue weighted by Crippen LogP contribution is -2.30. The molecule has 0 atom stereocenters. The third kappa shape index (κ3) is 4.99. The number of carbonyl (C=O) groups is 4. The van der Waals surface area contributed by atoms with Gasteiger partial charge in [-0.05, 0) is 66.9 Å². The van der Waals surface area contributed by atoms with Crippen LogP contribution in [0, 0.1) is 6.92 Å². The molecule has 0 spiro atoms. The van der Waals surface area contributed by atoms with Crippen LogP contribution in [0.1, 0.15) is 55.7 Å². The Hall–Kier alpha value is -4.92. The van der Waals surface area contributed by atoms with Crippen LogP contribution in [0.4, 0.5) is 10.5 Å². The lowest BCUT2D eigenvalue weighted by molar-refractivity contribution is 0.0599. The summed E-state index contributed by atoms with van der Waals surface area (Å²) in [6.07, 6.45) is 2.49. The average Bonchev–Trinajstić information content (AvgIpc) is 3.22. The minimum absolute atomic E-state index is 0.0831. The van der Waals surface area contributed by atoms with Crippen LogP contribution >= 0.6 is 0 Å². The average molecular weight is 514 g/mol. The van der Waals surface area contributed by atoms with Crippen molar-refractivity contribution >= 4 is 35.0 Å².